The van der Waals surface area contributed by atoms with Gasteiger partial charge < -0.3 is 15.3 Å². The Bertz CT molecular complexity index is 718. The fourth-order valence-electron chi connectivity index (χ4n) is 3.23. The highest BCUT2D eigenvalue weighted by Gasteiger charge is 2.45. The van der Waals surface area contributed by atoms with Crippen molar-refractivity contribution < 1.29 is 25.0 Å². The molecule has 2 aliphatic carbocycles. The Kier molecular flexibility index (Phi) is 5.39. The largest absolute Gasteiger partial charge is 0.481 e. The number of hydrogen-bond acceptors (Lipinski definition) is 5. The highest BCUT2D eigenvalue weighted by molar-refractivity contribution is 5.66. The van der Waals surface area contributed by atoms with Crippen LogP contribution < -0.4 is 5.48 Å². The summed E-state index contributed by atoms with van der Waals surface area (Å²) in [6.45, 7) is 0.0891. The lowest BCUT2D eigenvalue weighted by atomic mass is 9.83. The van der Waals surface area contributed by atoms with E-state index in [-0.39, 0.29) is 24.9 Å². The van der Waals surface area contributed by atoms with Crippen LogP contribution in [-0.2, 0) is 9.63 Å². The zero-order chi connectivity index (χ0) is 17.8. The van der Waals surface area contributed by atoms with E-state index in [2.05, 4.69) is 17.3 Å². The molecule has 0 aromatic heterocycles. The molecule has 0 heterocycles. The normalized spacial score (nSPS) is 25.4. The summed E-state index contributed by atoms with van der Waals surface area (Å²) in [5.41, 5.74) is 5.51. The number of aliphatic hydroxyl groups excluding tert-OH is 2. The molecule has 1 saturated carbocycles. The van der Waals surface area contributed by atoms with Crippen LogP contribution in [0.3, 0.4) is 0 Å². The average Bonchev–Trinajstić information content (AvgIpc) is 2.83. The van der Waals surface area contributed by atoms with Crippen molar-refractivity contribution in [3.8, 4) is 11.8 Å². The monoisotopic (exact) mass is 343 g/mol. The van der Waals surface area contributed by atoms with Crippen molar-refractivity contribution in [2.24, 2.45) is 11.8 Å². The fourth-order valence-corrected chi connectivity index (χ4v) is 3.23. The Hall–Kier alpha value is -2.33. The number of benzene rings is 1. The second kappa shape index (κ2) is 7.70. The van der Waals surface area contributed by atoms with E-state index in [4.69, 9.17) is 9.94 Å². The Morgan fingerprint density at radius 3 is 2.80 bits per heavy atom. The first-order valence-corrected chi connectivity index (χ1v) is 8.30. The first-order chi connectivity index (χ1) is 12.1. The van der Waals surface area contributed by atoms with Gasteiger partial charge >= 0.3 is 5.97 Å². The molecule has 1 fully saturated rings. The molecule has 0 spiro atoms. The molecule has 2 aliphatic rings. The molecule has 0 amide bonds. The number of fused-ring (bicyclic) bond motifs is 1. The summed E-state index contributed by atoms with van der Waals surface area (Å²) < 4.78 is 0. The van der Waals surface area contributed by atoms with Crippen LogP contribution in [0.4, 0.5) is 0 Å². The summed E-state index contributed by atoms with van der Waals surface area (Å²) >= 11 is 0. The van der Waals surface area contributed by atoms with E-state index in [1.54, 1.807) is 0 Å². The number of aliphatic carboxylic acids is 1. The fraction of sp³-hybridized carbons (Fsp3) is 0.421. The van der Waals surface area contributed by atoms with Crippen LogP contribution in [0.5, 0.6) is 0 Å². The molecular formula is C19H21NO5. The minimum Gasteiger partial charge on any atom is -0.481 e. The summed E-state index contributed by atoms with van der Waals surface area (Å²) in [6, 6.07) is 9.19. The van der Waals surface area contributed by atoms with E-state index in [9.17, 15) is 15.0 Å². The zero-order valence-electron chi connectivity index (χ0n) is 13.7. The van der Waals surface area contributed by atoms with E-state index < -0.39 is 18.2 Å². The number of nitrogens with one attached hydrogen (secondary N) is 1. The molecule has 25 heavy (non-hydrogen) atoms. The quantitative estimate of drug-likeness (QED) is 0.354. The van der Waals surface area contributed by atoms with E-state index in [1.807, 2.05) is 30.3 Å². The first kappa shape index (κ1) is 17.5. The minimum absolute atomic E-state index is 0.0624. The topological polar surface area (TPSA) is 99.0 Å². The number of carboxylic acid groups (broad SMARTS) is 1. The number of allylic oxidation sites excluding steroid dienone is 1. The maximum absolute atomic E-state index is 10.4. The van der Waals surface area contributed by atoms with Gasteiger partial charge in [-0.2, -0.15) is 0 Å². The smallest absolute Gasteiger partial charge is 0.305 e. The van der Waals surface area contributed by atoms with Crippen LogP contribution in [0, 0.1) is 23.7 Å². The van der Waals surface area contributed by atoms with Gasteiger partial charge in [0.1, 0.15) is 6.10 Å². The van der Waals surface area contributed by atoms with E-state index in [1.165, 1.54) is 0 Å². The predicted octanol–water partition coefficient (Wildman–Crippen LogP) is 1.37. The Labute approximate surface area is 146 Å². The van der Waals surface area contributed by atoms with Gasteiger partial charge in [-0.05, 0) is 24.0 Å². The van der Waals surface area contributed by atoms with Gasteiger partial charge in [-0.3, -0.25) is 15.1 Å². The van der Waals surface area contributed by atoms with E-state index in [0.717, 1.165) is 16.8 Å². The van der Waals surface area contributed by atoms with Crippen molar-refractivity contribution >= 4 is 5.97 Å². The maximum Gasteiger partial charge on any atom is 0.305 e. The van der Waals surface area contributed by atoms with Crippen molar-refractivity contribution in [2.45, 2.75) is 31.5 Å². The van der Waals surface area contributed by atoms with Crippen molar-refractivity contribution in [1.82, 2.24) is 5.48 Å². The standard InChI is InChI=1S/C19H21NO5/c21-17(12-4-2-1-3-5-12)7-6-13-10-14-15(19(13)24)11-16(14)20-25-9-8-18(22)23/h1-5,13,15,17,19-21,24H,8-11H2,(H,22,23). The molecule has 1 aromatic rings. The lowest BCUT2D eigenvalue weighted by Crippen LogP contribution is -2.32. The van der Waals surface area contributed by atoms with E-state index in [0.29, 0.717) is 12.8 Å². The van der Waals surface area contributed by atoms with Gasteiger partial charge in [0.15, 0.2) is 0 Å². The Morgan fingerprint density at radius 2 is 2.08 bits per heavy atom. The number of aliphatic hydroxyl groups is 2. The summed E-state index contributed by atoms with van der Waals surface area (Å²) in [5.74, 6) is 4.78. The highest BCUT2D eigenvalue weighted by Crippen LogP contribution is 2.48. The maximum atomic E-state index is 10.4. The van der Waals surface area contributed by atoms with E-state index >= 15 is 0 Å². The highest BCUT2D eigenvalue weighted by atomic mass is 16.6. The molecule has 0 radical (unpaired) electrons. The summed E-state index contributed by atoms with van der Waals surface area (Å²) in [5, 5.41) is 29.0. The molecule has 0 bridgehead atoms. The summed E-state index contributed by atoms with van der Waals surface area (Å²) in [7, 11) is 0. The van der Waals surface area contributed by atoms with Gasteiger partial charge in [0.25, 0.3) is 0 Å². The predicted molar refractivity (Wildman–Crippen MR) is 89.8 cm³/mol. The van der Waals surface area contributed by atoms with Crippen molar-refractivity contribution in [2.75, 3.05) is 6.61 Å². The number of rotatable bonds is 6. The number of hydrogen-bond donors (Lipinski definition) is 4. The molecule has 4 N–H and O–H groups in total. The van der Waals surface area contributed by atoms with Crippen LogP contribution in [-0.4, -0.2) is 34.0 Å². The number of hydroxylamine groups is 1. The second-order valence-electron chi connectivity index (χ2n) is 6.31. The molecule has 3 rings (SSSR count). The van der Waals surface area contributed by atoms with Gasteiger partial charge in [-0.1, -0.05) is 42.2 Å². The third-order valence-electron chi connectivity index (χ3n) is 4.66. The van der Waals surface area contributed by atoms with Crippen molar-refractivity contribution in [3.05, 3.63) is 47.2 Å². The molecule has 6 nitrogen and oxygen atoms in total. The van der Waals surface area contributed by atoms with Gasteiger partial charge in [-0.25, -0.2) is 0 Å². The molecular weight excluding hydrogens is 322 g/mol. The SMILES string of the molecule is O=C(O)CCONC1=C2CC(C#CC(O)c3ccccc3)C(O)C2C1. The second-order valence-corrected chi connectivity index (χ2v) is 6.31. The summed E-state index contributed by atoms with van der Waals surface area (Å²) in [6.07, 6.45) is -0.172. The van der Waals surface area contributed by atoms with Gasteiger partial charge in [0.05, 0.1) is 25.0 Å². The van der Waals surface area contributed by atoms with Crippen LogP contribution >= 0.6 is 0 Å². The minimum atomic E-state index is -0.908. The molecule has 4 unspecified atom stereocenters. The first-order valence-electron chi connectivity index (χ1n) is 8.30. The lowest BCUT2D eigenvalue weighted by molar-refractivity contribution is -0.138. The zero-order valence-corrected chi connectivity index (χ0v) is 13.7. The molecule has 132 valence electrons. The van der Waals surface area contributed by atoms with Crippen LogP contribution in [0.2, 0.25) is 0 Å². The van der Waals surface area contributed by atoms with Crippen LogP contribution in [0.1, 0.15) is 30.9 Å². The van der Waals surface area contributed by atoms with Crippen LogP contribution in [0.15, 0.2) is 41.6 Å². The lowest BCUT2D eigenvalue weighted by Gasteiger charge is -2.30. The van der Waals surface area contributed by atoms with Crippen molar-refractivity contribution in [3.63, 3.8) is 0 Å². The third kappa shape index (κ3) is 4.02. The molecule has 0 saturated heterocycles. The molecule has 0 aliphatic heterocycles. The molecule has 1 aromatic carbocycles. The Morgan fingerprint density at radius 1 is 1.32 bits per heavy atom. The molecule has 6 heteroatoms. The third-order valence-corrected chi connectivity index (χ3v) is 4.66. The average molecular weight is 343 g/mol. The number of carbonyl (C=O) groups is 1. The van der Waals surface area contributed by atoms with Crippen molar-refractivity contribution in [1.29, 1.82) is 0 Å². The summed E-state index contributed by atoms with van der Waals surface area (Å²) in [4.78, 5) is 15.6. The van der Waals surface area contributed by atoms with Crippen LogP contribution in [0.25, 0.3) is 0 Å². The van der Waals surface area contributed by atoms with Gasteiger partial charge in [-0.15, -0.1) is 0 Å². The molecule has 4 atom stereocenters. The van der Waals surface area contributed by atoms with Gasteiger partial charge in [0.2, 0.25) is 0 Å². The Balaban J connectivity index is 1.56. The number of carboxylic acids is 1. The van der Waals surface area contributed by atoms with Gasteiger partial charge in [0, 0.05) is 11.6 Å².